The van der Waals surface area contributed by atoms with Crippen LogP contribution in [0.15, 0.2) is 67.0 Å². The minimum Gasteiger partial charge on any atom is -0.469 e. The van der Waals surface area contributed by atoms with Crippen LogP contribution in [0.3, 0.4) is 0 Å². The normalized spacial score (nSPS) is 11.0. The van der Waals surface area contributed by atoms with E-state index in [4.69, 9.17) is 9.47 Å². The lowest BCUT2D eigenvalue weighted by molar-refractivity contribution is -0.140. The second kappa shape index (κ2) is 10.7. The van der Waals surface area contributed by atoms with Crippen LogP contribution in [0.2, 0.25) is 0 Å². The number of carbonyl (C=O) groups is 2. The lowest BCUT2D eigenvalue weighted by atomic mass is 10.0. The smallest absolute Gasteiger partial charge is 0.305 e. The van der Waals surface area contributed by atoms with Gasteiger partial charge in [0.1, 0.15) is 17.4 Å². The van der Waals surface area contributed by atoms with E-state index < -0.39 is 11.6 Å². The summed E-state index contributed by atoms with van der Waals surface area (Å²) in [5.41, 5.74) is 3.41. The van der Waals surface area contributed by atoms with E-state index in [9.17, 15) is 18.4 Å². The van der Waals surface area contributed by atoms with E-state index in [1.54, 1.807) is 18.5 Å². The van der Waals surface area contributed by atoms with Gasteiger partial charge in [0.05, 0.1) is 18.2 Å². The van der Waals surface area contributed by atoms with Crippen molar-refractivity contribution in [3.8, 4) is 22.9 Å². The van der Waals surface area contributed by atoms with E-state index in [2.05, 4.69) is 15.0 Å². The first-order valence-corrected chi connectivity index (χ1v) is 11.9. The molecular formula is C29H23F2N3O4. The van der Waals surface area contributed by atoms with E-state index in [1.807, 2.05) is 24.3 Å². The topological polar surface area (TPSA) is 97.1 Å². The predicted octanol–water partition coefficient (Wildman–Crippen LogP) is 6.14. The molecule has 0 aliphatic rings. The average molecular weight is 516 g/mol. The first-order valence-electron chi connectivity index (χ1n) is 11.9. The molecule has 38 heavy (non-hydrogen) atoms. The Kier molecular flexibility index (Phi) is 6.99. The Labute approximate surface area is 216 Å². The predicted molar refractivity (Wildman–Crippen MR) is 137 cm³/mol. The molecular weight excluding hydrogens is 492 g/mol. The van der Waals surface area contributed by atoms with E-state index in [-0.39, 0.29) is 34.4 Å². The van der Waals surface area contributed by atoms with Gasteiger partial charge in [-0.15, -0.1) is 0 Å². The fourth-order valence-electron chi connectivity index (χ4n) is 4.32. The Morgan fingerprint density at radius 2 is 1.89 bits per heavy atom. The number of aromatic amines is 2. The van der Waals surface area contributed by atoms with Crippen LogP contribution >= 0.6 is 0 Å². The van der Waals surface area contributed by atoms with E-state index in [0.29, 0.717) is 36.5 Å². The van der Waals surface area contributed by atoms with Gasteiger partial charge in [-0.1, -0.05) is 24.3 Å². The van der Waals surface area contributed by atoms with Gasteiger partial charge in [0.15, 0.2) is 17.9 Å². The highest BCUT2D eigenvalue weighted by Gasteiger charge is 2.18. The Morgan fingerprint density at radius 3 is 2.71 bits per heavy atom. The van der Waals surface area contributed by atoms with Crippen molar-refractivity contribution in [1.29, 1.82) is 0 Å². The van der Waals surface area contributed by atoms with Crippen LogP contribution in [0, 0.1) is 11.6 Å². The molecule has 0 bridgehead atoms. The Hall–Kier alpha value is -4.79. The number of carbonyl (C=O) groups excluding carboxylic acids is 2. The van der Waals surface area contributed by atoms with Crippen molar-refractivity contribution in [1.82, 2.24) is 15.0 Å². The summed E-state index contributed by atoms with van der Waals surface area (Å²) in [6.07, 6.45) is 5.13. The molecule has 0 saturated carbocycles. The molecule has 2 heterocycles. The standard InChI is InChI=1S/C29H23F2N3O4/c1-37-27(36)8-5-17-3-2-4-18(11-17)12-19-15-33-29(34-19)22-13-20(6-7-24(22)30)38-28-23(16-35)21-9-10-32-26(21)14-25(28)31/h2-4,6-7,9-11,13-16,32H,5,8,12H2,1H3,(H,33,34). The number of ether oxygens (including phenoxy) is 2. The zero-order valence-electron chi connectivity index (χ0n) is 20.4. The molecule has 2 N–H and O–H groups in total. The molecule has 0 aliphatic carbocycles. The number of esters is 1. The third-order valence-corrected chi connectivity index (χ3v) is 6.19. The molecule has 9 heteroatoms. The van der Waals surface area contributed by atoms with Gasteiger partial charge in [-0.3, -0.25) is 9.59 Å². The second-order valence-electron chi connectivity index (χ2n) is 8.73. The fraction of sp³-hybridized carbons (Fsp3) is 0.138. The van der Waals surface area contributed by atoms with Gasteiger partial charge < -0.3 is 19.4 Å². The zero-order valence-corrected chi connectivity index (χ0v) is 20.4. The van der Waals surface area contributed by atoms with Crippen LogP contribution < -0.4 is 4.74 Å². The molecule has 0 unspecified atom stereocenters. The molecule has 0 fully saturated rings. The number of aryl methyl sites for hydroxylation is 1. The molecule has 7 nitrogen and oxygen atoms in total. The second-order valence-corrected chi connectivity index (χ2v) is 8.73. The van der Waals surface area contributed by atoms with Crippen molar-refractivity contribution in [2.45, 2.75) is 19.3 Å². The Balaban J connectivity index is 1.37. The van der Waals surface area contributed by atoms with Crippen molar-refractivity contribution in [3.05, 3.63) is 101 Å². The highest BCUT2D eigenvalue weighted by molar-refractivity contribution is 6.00. The number of aldehydes is 1. The summed E-state index contributed by atoms with van der Waals surface area (Å²) in [5, 5.41) is 0.517. The Morgan fingerprint density at radius 1 is 1.05 bits per heavy atom. The molecule has 0 spiro atoms. The molecule has 0 aliphatic heterocycles. The van der Waals surface area contributed by atoms with Gasteiger partial charge in [0.25, 0.3) is 0 Å². The first kappa shape index (κ1) is 24.9. The number of methoxy groups -OCH3 is 1. The molecule has 0 radical (unpaired) electrons. The van der Waals surface area contributed by atoms with Crippen LogP contribution in [0.25, 0.3) is 22.3 Å². The number of imidazole rings is 1. The van der Waals surface area contributed by atoms with Crippen LogP contribution in [-0.4, -0.2) is 34.3 Å². The zero-order chi connectivity index (χ0) is 26.6. The first-order chi connectivity index (χ1) is 18.4. The number of hydrogen-bond acceptors (Lipinski definition) is 5. The van der Waals surface area contributed by atoms with Crippen molar-refractivity contribution in [2.75, 3.05) is 7.11 Å². The molecule has 5 rings (SSSR count). The number of halogens is 2. The molecule has 2 aromatic heterocycles. The van der Waals surface area contributed by atoms with E-state index in [1.165, 1.54) is 31.4 Å². The number of fused-ring (bicyclic) bond motifs is 1. The minimum absolute atomic E-state index is 0.0567. The molecule has 3 aromatic carbocycles. The number of hydrogen-bond donors (Lipinski definition) is 2. The number of nitrogens with zero attached hydrogens (tertiary/aromatic N) is 1. The Bertz CT molecular complexity index is 1640. The summed E-state index contributed by atoms with van der Waals surface area (Å²) in [6.45, 7) is 0. The lowest BCUT2D eigenvalue weighted by Crippen LogP contribution is -2.02. The highest BCUT2D eigenvalue weighted by Crippen LogP contribution is 2.35. The maximum absolute atomic E-state index is 14.8. The number of rotatable bonds is 9. The van der Waals surface area contributed by atoms with Crippen molar-refractivity contribution < 1.29 is 27.8 Å². The minimum atomic E-state index is -0.720. The molecule has 192 valence electrons. The largest absolute Gasteiger partial charge is 0.469 e. The van der Waals surface area contributed by atoms with Crippen molar-refractivity contribution >= 4 is 23.2 Å². The SMILES string of the molecule is COC(=O)CCc1cccc(Cc2cnc(-c3cc(Oc4c(F)cc5[nH]ccc5c4C=O)ccc3F)[nH]2)c1. The van der Waals surface area contributed by atoms with Gasteiger partial charge in [0, 0.05) is 47.9 Å². The maximum atomic E-state index is 14.8. The molecule has 5 aromatic rings. The van der Waals surface area contributed by atoms with Gasteiger partial charge in [0.2, 0.25) is 0 Å². The summed E-state index contributed by atoms with van der Waals surface area (Å²) >= 11 is 0. The summed E-state index contributed by atoms with van der Waals surface area (Å²) in [7, 11) is 1.36. The summed E-state index contributed by atoms with van der Waals surface area (Å²) in [4.78, 5) is 33.5. The lowest BCUT2D eigenvalue weighted by Gasteiger charge is -2.11. The van der Waals surface area contributed by atoms with E-state index >= 15 is 0 Å². The summed E-state index contributed by atoms with van der Waals surface area (Å²) in [6, 6.07) is 14.7. The fourth-order valence-corrected chi connectivity index (χ4v) is 4.32. The van der Waals surface area contributed by atoms with Crippen LogP contribution in [-0.2, 0) is 22.4 Å². The number of H-pyrrole nitrogens is 2. The van der Waals surface area contributed by atoms with Crippen molar-refractivity contribution in [2.24, 2.45) is 0 Å². The molecule has 0 amide bonds. The van der Waals surface area contributed by atoms with Gasteiger partial charge in [-0.25, -0.2) is 13.8 Å². The van der Waals surface area contributed by atoms with Gasteiger partial charge in [-0.05, 0) is 41.8 Å². The van der Waals surface area contributed by atoms with Crippen LogP contribution in [0.1, 0.15) is 33.6 Å². The van der Waals surface area contributed by atoms with Crippen LogP contribution in [0.4, 0.5) is 8.78 Å². The number of nitrogens with one attached hydrogen (secondary N) is 2. The number of benzene rings is 3. The quantitative estimate of drug-likeness (QED) is 0.182. The number of aromatic nitrogens is 3. The molecule has 0 atom stereocenters. The summed E-state index contributed by atoms with van der Waals surface area (Å²) in [5.74, 6) is -1.34. The summed E-state index contributed by atoms with van der Waals surface area (Å²) < 4.78 is 40.0. The van der Waals surface area contributed by atoms with Gasteiger partial charge in [-0.2, -0.15) is 0 Å². The maximum Gasteiger partial charge on any atom is 0.305 e. The van der Waals surface area contributed by atoms with Crippen LogP contribution in [0.5, 0.6) is 11.5 Å². The monoisotopic (exact) mass is 515 g/mol. The van der Waals surface area contributed by atoms with Gasteiger partial charge >= 0.3 is 5.97 Å². The average Bonchev–Trinajstić information content (AvgIpc) is 3.58. The third kappa shape index (κ3) is 5.17. The highest BCUT2D eigenvalue weighted by atomic mass is 19.1. The molecule has 0 saturated heterocycles. The van der Waals surface area contributed by atoms with E-state index in [0.717, 1.165) is 16.8 Å². The third-order valence-electron chi connectivity index (χ3n) is 6.19. The van der Waals surface area contributed by atoms with Crippen molar-refractivity contribution in [3.63, 3.8) is 0 Å².